The van der Waals surface area contributed by atoms with E-state index in [9.17, 15) is 4.79 Å². The monoisotopic (exact) mass is 196 g/mol. The van der Waals surface area contributed by atoms with E-state index in [1.807, 2.05) is 0 Å². The van der Waals surface area contributed by atoms with Crippen molar-refractivity contribution >= 4 is 5.78 Å². The summed E-state index contributed by atoms with van der Waals surface area (Å²) >= 11 is 0. The summed E-state index contributed by atoms with van der Waals surface area (Å²) < 4.78 is 0. The molecule has 3 rings (SSSR count). The van der Waals surface area contributed by atoms with Crippen LogP contribution in [0.3, 0.4) is 0 Å². The second kappa shape index (κ2) is 3.99. The Hall–Kier alpha value is -0.410. The van der Waals surface area contributed by atoms with Crippen molar-refractivity contribution in [3.63, 3.8) is 0 Å². The minimum atomic E-state index is 0.281. The number of likely N-dealkylation sites (N-methyl/N-ethyl adjacent to an activating group) is 1. The molecule has 80 valence electrons. The third kappa shape index (κ3) is 1.98. The lowest BCUT2D eigenvalue weighted by atomic mass is 9.83. The molecule has 0 saturated carbocycles. The molecule has 3 saturated heterocycles. The van der Waals surface area contributed by atoms with Gasteiger partial charge in [-0.05, 0) is 45.8 Å². The molecular weight excluding hydrogens is 176 g/mol. The summed E-state index contributed by atoms with van der Waals surface area (Å²) in [6.07, 6.45) is 2.65. The first-order chi connectivity index (χ1) is 6.66. The Balaban J connectivity index is 1.94. The standard InChI is InChI=1S/C11H20N2O/c1-9(14)7-12(2)11-8-13-5-3-10(11)4-6-13/h10-11H,3-8H2,1-2H3. The molecule has 2 bridgehead atoms. The van der Waals surface area contributed by atoms with Gasteiger partial charge in [0, 0.05) is 12.6 Å². The molecule has 0 amide bonds. The number of carbonyl (C=O) groups excluding carboxylic acids is 1. The highest BCUT2D eigenvalue weighted by Gasteiger charge is 2.36. The molecule has 3 fully saturated rings. The predicted molar refractivity (Wildman–Crippen MR) is 56.3 cm³/mol. The van der Waals surface area contributed by atoms with E-state index in [4.69, 9.17) is 0 Å². The number of Topliss-reactive ketones (excluding diaryl/α,β-unsaturated/α-hetero) is 1. The Morgan fingerprint density at radius 2 is 2.07 bits per heavy atom. The highest BCUT2D eigenvalue weighted by atomic mass is 16.1. The topological polar surface area (TPSA) is 23.6 Å². The maximum absolute atomic E-state index is 11.0. The maximum atomic E-state index is 11.0. The quantitative estimate of drug-likeness (QED) is 0.660. The fourth-order valence-corrected chi connectivity index (χ4v) is 2.90. The fraction of sp³-hybridized carbons (Fsp3) is 0.909. The number of nitrogens with zero attached hydrogens (tertiary/aromatic N) is 2. The molecule has 3 nitrogen and oxygen atoms in total. The molecule has 3 aliphatic heterocycles. The molecule has 0 aromatic rings. The van der Waals surface area contributed by atoms with E-state index < -0.39 is 0 Å². The first-order valence-electron chi connectivity index (χ1n) is 5.59. The SMILES string of the molecule is CC(=O)CN(C)C1CN2CCC1CC2. The van der Waals surface area contributed by atoms with E-state index >= 15 is 0 Å². The van der Waals surface area contributed by atoms with Crippen molar-refractivity contribution < 1.29 is 4.79 Å². The Labute approximate surface area is 86.1 Å². The van der Waals surface area contributed by atoms with E-state index in [1.165, 1.54) is 32.5 Å². The number of piperidine rings is 3. The van der Waals surface area contributed by atoms with Crippen LogP contribution in [0.2, 0.25) is 0 Å². The smallest absolute Gasteiger partial charge is 0.143 e. The van der Waals surface area contributed by atoms with Gasteiger partial charge in [-0.15, -0.1) is 0 Å². The van der Waals surface area contributed by atoms with Crippen LogP contribution in [0.5, 0.6) is 0 Å². The molecule has 3 heteroatoms. The number of carbonyl (C=O) groups is 1. The molecule has 3 aliphatic rings. The first kappa shape index (κ1) is 10.1. The molecule has 0 aromatic carbocycles. The highest BCUT2D eigenvalue weighted by Crippen LogP contribution is 2.30. The molecule has 3 heterocycles. The summed E-state index contributed by atoms with van der Waals surface area (Å²) in [5.41, 5.74) is 0. The first-order valence-corrected chi connectivity index (χ1v) is 5.59. The Morgan fingerprint density at radius 1 is 1.43 bits per heavy atom. The van der Waals surface area contributed by atoms with Crippen molar-refractivity contribution in [2.75, 3.05) is 33.2 Å². The normalized spacial score (nSPS) is 36.4. The number of ketones is 1. The summed E-state index contributed by atoms with van der Waals surface area (Å²) in [7, 11) is 2.09. The Kier molecular flexibility index (Phi) is 2.88. The average Bonchev–Trinajstić information content (AvgIpc) is 2.18. The Bertz CT molecular complexity index is 221. The van der Waals surface area contributed by atoms with E-state index in [0.717, 1.165) is 5.92 Å². The summed E-state index contributed by atoms with van der Waals surface area (Å²) in [4.78, 5) is 15.8. The van der Waals surface area contributed by atoms with Crippen LogP contribution in [0.4, 0.5) is 0 Å². The molecule has 0 aliphatic carbocycles. The Morgan fingerprint density at radius 3 is 2.50 bits per heavy atom. The van der Waals surface area contributed by atoms with Crippen LogP contribution in [0.25, 0.3) is 0 Å². The van der Waals surface area contributed by atoms with Crippen LogP contribution >= 0.6 is 0 Å². The van der Waals surface area contributed by atoms with Crippen molar-refractivity contribution in [2.45, 2.75) is 25.8 Å². The summed E-state index contributed by atoms with van der Waals surface area (Å²) in [6, 6.07) is 0.626. The van der Waals surface area contributed by atoms with Crippen molar-refractivity contribution in [1.29, 1.82) is 0 Å². The van der Waals surface area contributed by atoms with Crippen LogP contribution in [0.15, 0.2) is 0 Å². The summed E-state index contributed by atoms with van der Waals surface area (Å²) in [5.74, 6) is 1.12. The maximum Gasteiger partial charge on any atom is 0.143 e. The van der Waals surface area contributed by atoms with Gasteiger partial charge in [0.05, 0.1) is 6.54 Å². The van der Waals surface area contributed by atoms with E-state index in [-0.39, 0.29) is 5.78 Å². The van der Waals surface area contributed by atoms with Crippen molar-refractivity contribution in [2.24, 2.45) is 5.92 Å². The third-order valence-electron chi connectivity index (χ3n) is 3.66. The van der Waals surface area contributed by atoms with Crippen molar-refractivity contribution in [1.82, 2.24) is 9.80 Å². The highest BCUT2D eigenvalue weighted by molar-refractivity contribution is 5.77. The van der Waals surface area contributed by atoms with Gasteiger partial charge in [-0.1, -0.05) is 0 Å². The fourth-order valence-electron chi connectivity index (χ4n) is 2.90. The lowest BCUT2D eigenvalue weighted by Crippen LogP contribution is -2.57. The van der Waals surface area contributed by atoms with Crippen molar-refractivity contribution in [3.8, 4) is 0 Å². The van der Waals surface area contributed by atoms with Crippen LogP contribution in [-0.4, -0.2) is 54.9 Å². The zero-order valence-corrected chi connectivity index (χ0v) is 9.20. The predicted octanol–water partition coefficient (Wildman–Crippen LogP) is 0.601. The molecular formula is C11H20N2O. The second-order valence-electron chi connectivity index (χ2n) is 4.82. The van der Waals surface area contributed by atoms with Crippen molar-refractivity contribution in [3.05, 3.63) is 0 Å². The molecule has 1 unspecified atom stereocenters. The van der Waals surface area contributed by atoms with Crippen LogP contribution in [0, 0.1) is 5.92 Å². The van der Waals surface area contributed by atoms with Crippen LogP contribution < -0.4 is 0 Å². The molecule has 1 atom stereocenters. The number of rotatable bonds is 3. The van der Waals surface area contributed by atoms with Gasteiger partial charge < -0.3 is 4.90 Å². The van der Waals surface area contributed by atoms with Gasteiger partial charge in [0.15, 0.2) is 0 Å². The van der Waals surface area contributed by atoms with Gasteiger partial charge in [0.1, 0.15) is 5.78 Å². The minimum Gasteiger partial charge on any atom is -0.302 e. The lowest BCUT2D eigenvalue weighted by Gasteiger charge is -2.48. The minimum absolute atomic E-state index is 0.281. The largest absolute Gasteiger partial charge is 0.302 e. The van der Waals surface area contributed by atoms with E-state index in [2.05, 4.69) is 16.8 Å². The van der Waals surface area contributed by atoms with Gasteiger partial charge in [-0.25, -0.2) is 0 Å². The summed E-state index contributed by atoms with van der Waals surface area (Å²) in [5, 5.41) is 0. The zero-order chi connectivity index (χ0) is 10.1. The van der Waals surface area contributed by atoms with Gasteiger partial charge >= 0.3 is 0 Å². The molecule has 0 spiro atoms. The van der Waals surface area contributed by atoms with E-state index in [0.29, 0.717) is 12.6 Å². The second-order valence-corrected chi connectivity index (χ2v) is 4.82. The van der Waals surface area contributed by atoms with Crippen LogP contribution in [-0.2, 0) is 4.79 Å². The molecule has 0 aromatic heterocycles. The van der Waals surface area contributed by atoms with Gasteiger partial charge in [-0.3, -0.25) is 9.69 Å². The third-order valence-corrected chi connectivity index (χ3v) is 3.66. The van der Waals surface area contributed by atoms with Gasteiger partial charge in [-0.2, -0.15) is 0 Å². The molecule has 14 heavy (non-hydrogen) atoms. The zero-order valence-electron chi connectivity index (χ0n) is 9.20. The van der Waals surface area contributed by atoms with Crippen LogP contribution in [0.1, 0.15) is 19.8 Å². The van der Waals surface area contributed by atoms with Gasteiger partial charge in [0.25, 0.3) is 0 Å². The van der Waals surface area contributed by atoms with Gasteiger partial charge in [0.2, 0.25) is 0 Å². The summed E-state index contributed by atoms with van der Waals surface area (Å²) in [6.45, 7) is 6.02. The molecule has 0 radical (unpaired) electrons. The number of hydrogen-bond acceptors (Lipinski definition) is 3. The molecule has 0 N–H and O–H groups in total. The van der Waals surface area contributed by atoms with E-state index in [1.54, 1.807) is 6.92 Å². The lowest BCUT2D eigenvalue weighted by molar-refractivity contribution is -0.119. The average molecular weight is 196 g/mol. The number of fused-ring (bicyclic) bond motifs is 3. The number of hydrogen-bond donors (Lipinski definition) is 0.